The van der Waals surface area contributed by atoms with Crippen molar-refractivity contribution in [2.45, 2.75) is 75.4 Å². The number of ether oxygens (including phenoxy) is 1. The summed E-state index contributed by atoms with van der Waals surface area (Å²) in [6, 6.07) is 8.98. The van der Waals surface area contributed by atoms with Gasteiger partial charge in [-0.25, -0.2) is 0 Å². The first-order valence-electron chi connectivity index (χ1n) is 13.1. The zero-order chi connectivity index (χ0) is 24.8. The summed E-state index contributed by atoms with van der Waals surface area (Å²) in [7, 11) is -3.61. The number of benzene rings is 1. The molecule has 3 heterocycles. The summed E-state index contributed by atoms with van der Waals surface area (Å²) in [5.41, 5.74) is 4.42. The minimum absolute atomic E-state index is 0.126. The number of pyridine rings is 1. The van der Waals surface area contributed by atoms with Crippen LogP contribution in [0, 0.1) is 11.3 Å². The minimum atomic E-state index is -3.61. The molecule has 0 N–H and O–H groups in total. The van der Waals surface area contributed by atoms with Crippen LogP contribution in [0.2, 0.25) is 0 Å². The number of nitrogens with zero attached hydrogens (tertiary/aromatic N) is 2. The zero-order valence-electron chi connectivity index (χ0n) is 20.9. The lowest BCUT2D eigenvalue weighted by Crippen LogP contribution is -2.53. The predicted octanol–water partition coefficient (Wildman–Crippen LogP) is 5.81. The van der Waals surface area contributed by atoms with E-state index in [-0.39, 0.29) is 16.6 Å². The van der Waals surface area contributed by atoms with Crippen molar-refractivity contribution >= 4 is 26.6 Å². The third-order valence-electron chi connectivity index (χ3n) is 9.88. The molecule has 188 valence electrons. The molecule has 2 aliphatic heterocycles. The molecular weight excluding hydrogens is 472 g/mol. The first-order valence-corrected chi connectivity index (χ1v) is 14.9. The molecule has 6 nitrogen and oxygen atoms in total. The molecule has 36 heavy (non-hydrogen) atoms. The number of hydrogen-bond acceptors (Lipinski definition) is 6. The van der Waals surface area contributed by atoms with Crippen LogP contribution in [-0.4, -0.2) is 36.6 Å². The van der Waals surface area contributed by atoms with Gasteiger partial charge in [0.15, 0.2) is 0 Å². The monoisotopic (exact) mass is 504 g/mol. The van der Waals surface area contributed by atoms with E-state index in [4.69, 9.17) is 9.02 Å². The van der Waals surface area contributed by atoms with Gasteiger partial charge < -0.3 is 4.74 Å². The van der Waals surface area contributed by atoms with Gasteiger partial charge in [-0.15, -0.1) is 0 Å². The van der Waals surface area contributed by atoms with Gasteiger partial charge >= 0.3 is 10.1 Å². The highest BCUT2D eigenvalue weighted by atomic mass is 32.2. The quantitative estimate of drug-likeness (QED) is 0.493. The Labute approximate surface area is 212 Å². The highest BCUT2D eigenvalue weighted by Gasteiger charge is 2.66. The van der Waals surface area contributed by atoms with Gasteiger partial charge in [0.05, 0.1) is 23.2 Å². The largest absolute Gasteiger partial charge is 0.359 e. The normalized spacial score (nSPS) is 38.2. The van der Waals surface area contributed by atoms with E-state index in [0.29, 0.717) is 24.7 Å². The Morgan fingerprint density at radius 1 is 1.14 bits per heavy atom. The van der Waals surface area contributed by atoms with Crippen LogP contribution in [0.4, 0.5) is 0 Å². The molecule has 3 fully saturated rings. The van der Waals surface area contributed by atoms with Gasteiger partial charge in [-0.2, -0.15) is 8.42 Å². The molecule has 2 spiro atoms. The molecule has 2 bridgehead atoms. The molecule has 0 radical (unpaired) electrons. The van der Waals surface area contributed by atoms with Crippen LogP contribution >= 0.6 is 0 Å². The Hall–Kier alpha value is -2.51. The third-order valence-corrected chi connectivity index (χ3v) is 10.2. The summed E-state index contributed by atoms with van der Waals surface area (Å²) in [5.74, 6) is 0.933. The number of rotatable bonds is 3. The summed E-state index contributed by atoms with van der Waals surface area (Å²) in [6.07, 6.45) is 17.3. The second kappa shape index (κ2) is 7.51. The lowest BCUT2D eigenvalue weighted by Gasteiger charge is -2.54. The van der Waals surface area contributed by atoms with Crippen LogP contribution in [0.3, 0.4) is 0 Å². The van der Waals surface area contributed by atoms with Gasteiger partial charge in [-0.3, -0.25) is 9.27 Å². The highest BCUT2D eigenvalue weighted by Crippen LogP contribution is 2.69. The molecule has 1 aromatic heterocycles. The van der Waals surface area contributed by atoms with Crippen LogP contribution in [0.15, 0.2) is 65.1 Å². The van der Waals surface area contributed by atoms with E-state index in [1.165, 1.54) is 27.5 Å². The molecule has 0 unspecified atom stereocenters. The molecule has 1 saturated heterocycles. The number of allylic oxidation sites excluding steroid dienone is 1. The van der Waals surface area contributed by atoms with Gasteiger partial charge in [0.1, 0.15) is 0 Å². The zero-order valence-corrected chi connectivity index (χ0v) is 21.7. The van der Waals surface area contributed by atoms with E-state index in [2.05, 4.69) is 53.5 Å². The predicted molar refractivity (Wildman–Crippen MR) is 139 cm³/mol. The molecule has 2 aromatic rings. The maximum atomic E-state index is 11.5. The first-order chi connectivity index (χ1) is 17.2. The lowest BCUT2D eigenvalue weighted by molar-refractivity contribution is -0.126. The number of fused-ring (bicyclic) bond motifs is 2. The smallest absolute Gasteiger partial charge is 0.325 e. The second-order valence-corrected chi connectivity index (χ2v) is 13.4. The first kappa shape index (κ1) is 22.7. The summed E-state index contributed by atoms with van der Waals surface area (Å²) in [5, 5.41) is 6.46. The molecule has 7 rings (SSSR count). The Morgan fingerprint density at radius 3 is 2.89 bits per heavy atom. The number of oxime groups is 1. The second-order valence-electron chi connectivity index (χ2n) is 11.8. The highest BCUT2D eigenvalue weighted by molar-refractivity contribution is 7.85. The fraction of sp³-hybridized carbons (Fsp3) is 0.517. The minimum Gasteiger partial charge on any atom is -0.359 e. The van der Waals surface area contributed by atoms with E-state index in [9.17, 15) is 8.42 Å². The van der Waals surface area contributed by atoms with E-state index in [1.807, 2.05) is 12.4 Å². The van der Waals surface area contributed by atoms with Crippen LogP contribution in [0.1, 0.15) is 69.8 Å². The average molecular weight is 505 g/mol. The molecule has 5 aliphatic rings. The topological polar surface area (TPSA) is 77.8 Å². The third kappa shape index (κ3) is 3.21. The van der Waals surface area contributed by atoms with Crippen molar-refractivity contribution < 1.29 is 17.4 Å². The van der Waals surface area contributed by atoms with Crippen molar-refractivity contribution in [3.8, 4) is 0 Å². The molecular formula is C29H32N2O4S. The summed E-state index contributed by atoms with van der Waals surface area (Å²) < 4.78 is 35.0. The maximum absolute atomic E-state index is 11.5. The van der Waals surface area contributed by atoms with Crippen molar-refractivity contribution in [2.24, 2.45) is 16.5 Å². The van der Waals surface area contributed by atoms with Gasteiger partial charge in [-0.1, -0.05) is 36.4 Å². The Morgan fingerprint density at radius 2 is 2.03 bits per heavy atom. The van der Waals surface area contributed by atoms with Crippen LogP contribution in [0.25, 0.3) is 10.8 Å². The SMILES string of the molecule is C[C@]12CC=C3C=C4CC/C(=N\OS(C)(=O)=O)C[C@]45CC[C@]3(O5)[C@@H]1CC[C@@H]2c1ccc2ccncc2c1. The fourth-order valence-corrected chi connectivity index (χ4v) is 8.54. The molecule has 7 heteroatoms. The van der Waals surface area contributed by atoms with Crippen LogP contribution in [-0.2, 0) is 19.1 Å². The van der Waals surface area contributed by atoms with E-state index in [1.54, 1.807) is 0 Å². The van der Waals surface area contributed by atoms with Crippen molar-refractivity contribution in [3.05, 3.63) is 65.5 Å². The maximum Gasteiger partial charge on any atom is 0.325 e. The van der Waals surface area contributed by atoms with E-state index < -0.39 is 10.1 Å². The van der Waals surface area contributed by atoms with Gasteiger partial charge in [0.2, 0.25) is 0 Å². The van der Waals surface area contributed by atoms with Crippen molar-refractivity contribution in [1.29, 1.82) is 0 Å². The standard InChI is InChI=1S/C29H32N2O4S/c1-27-11-9-23-16-22-5-6-24(31-35-36(2,32)33)17-28(22)12-13-29(23,34-28)26(27)8-7-25(27)20-4-3-19-10-14-30-18-21(19)15-20/h3-4,9-10,14-16,18,25-26H,5-8,11-13,17H2,1-2H3/b31-24+/t25-,26-,27-,28-,29-/m1/s1. The van der Waals surface area contributed by atoms with Crippen LogP contribution in [0.5, 0.6) is 0 Å². The van der Waals surface area contributed by atoms with Crippen molar-refractivity contribution in [1.82, 2.24) is 4.98 Å². The summed E-state index contributed by atoms with van der Waals surface area (Å²) >= 11 is 0. The molecule has 5 atom stereocenters. The summed E-state index contributed by atoms with van der Waals surface area (Å²) in [4.78, 5) is 4.35. The number of hydrogen-bond donors (Lipinski definition) is 0. The average Bonchev–Trinajstić information content (AvgIpc) is 3.37. The molecule has 2 saturated carbocycles. The number of aromatic nitrogens is 1. The molecule has 3 aliphatic carbocycles. The van der Waals surface area contributed by atoms with E-state index in [0.717, 1.165) is 50.5 Å². The Kier molecular flexibility index (Phi) is 4.73. The Bertz CT molecular complexity index is 1480. The van der Waals surface area contributed by atoms with Gasteiger partial charge in [0, 0.05) is 24.2 Å². The molecule has 1 aromatic carbocycles. The molecule has 0 amide bonds. The fourth-order valence-electron chi connectivity index (χ4n) is 8.30. The van der Waals surface area contributed by atoms with E-state index >= 15 is 0 Å². The van der Waals surface area contributed by atoms with Crippen molar-refractivity contribution in [2.75, 3.05) is 6.26 Å². The van der Waals surface area contributed by atoms with Gasteiger partial charge in [-0.05, 0) is 96.4 Å². The van der Waals surface area contributed by atoms with Crippen LogP contribution < -0.4 is 0 Å². The summed E-state index contributed by atoms with van der Waals surface area (Å²) in [6.45, 7) is 2.48. The van der Waals surface area contributed by atoms with Crippen molar-refractivity contribution in [3.63, 3.8) is 0 Å². The Balaban J connectivity index is 1.24. The van der Waals surface area contributed by atoms with Gasteiger partial charge in [0.25, 0.3) is 0 Å². The lowest BCUT2D eigenvalue weighted by atomic mass is 9.58.